The Hall–Kier alpha value is -0.830. The van der Waals surface area contributed by atoms with Crippen LogP contribution in [0.1, 0.15) is 12.7 Å². The van der Waals surface area contributed by atoms with Crippen molar-refractivity contribution in [1.82, 2.24) is 4.57 Å². The van der Waals surface area contributed by atoms with Gasteiger partial charge < -0.3 is 4.74 Å². The molecular weight excluding hydrogens is 152 g/mol. The number of ether oxygens (including phenoxy) is 1. The highest BCUT2D eigenvalue weighted by atomic mass is 16.5. The predicted molar refractivity (Wildman–Crippen MR) is 46.9 cm³/mol. The van der Waals surface area contributed by atoms with Gasteiger partial charge in [0.2, 0.25) is 0 Å². The molecule has 1 rings (SSSR count). The van der Waals surface area contributed by atoms with Gasteiger partial charge in [0.25, 0.3) is 5.82 Å². The molecule has 3 heteroatoms. The van der Waals surface area contributed by atoms with Crippen LogP contribution in [0.5, 0.6) is 0 Å². The highest BCUT2D eigenvalue weighted by Gasteiger charge is 2.11. The number of rotatable bonds is 4. The third-order valence-corrected chi connectivity index (χ3v) is 2.08. The normalized spacial score (nSPS) is 10.6. The summed E-state index contributed by atoms with van der Waals surface area (Å²) in [7, 11) is 3.80. The average Bonchev–Trinajstić information content (AvgIpc) is 2.43. The molecule has 0 saturated heterocycles. The van der Waals surface area contributed by atoms with Crippen molar-refractivity contribution >= 4 is 0 Å². The van der Waals surface area contributed by atoms with E-state index in [0.717, 1.165) is 19.6 Å². The molecule has 0 N–H and O–H groups in total. The zero-order valence-electron chi connectivity index (χ0n) is 8.08. The quantitative estimate of drug-likeness (QED) is 0.601. The second-order valence-electron chi connectivity index (χ2n) is 2.85. The van der Waals surface area contributed by atoms with Crippen LogP contribution >= 0.6 is 0 Å². The van der Waals surface area contributed by atoms with E-state index in [4.69, 9.17) is 4.74 Å². The fourth-order valence-electron chi connectivity index (χ4n) is 1.36. The first-order valence-electron chi connectivity index (χ1n) is 4.32. The number of methoxy groups -OCH3 is 1. The van der Waals surface area contributed by atoms with E-state index in [9.17, 15) is 0 Å². The SMILES string of the molecule is CC[n+]1ccn(C)c1CCOC. The van der Waals surface area contributed by atoms with Gasteiger partial charge in [-0.1, -0.05) is 0 Å². The van der Waals surface area contributed by atoms with Gasteiger partial charge in [0.1, 0.15) is 12.4 Å². The summed E-state index contributed by atoms with van der Waals surface area (Å²) in [6.07, 6.45) is 5.16. The lowest BCUT2D eigenvalue weighted by molar-refractivity contribution is -0.700. The van der Waals surface area contributed by atoms with Crippen LogP contribution in [0, 0.1) is 0 Å². The van der Waals surface area contributed by atoms with E-state index in [0.29, 0.717) is 0 Å². The zero-order chi connectivity index (χ0) is 8.97. The third kappa shape index (κ3) is 1.85. The van der Waals surface area contributed by atoms with Crippen LogP contribution in [0.25, 0.3) is 0 Å². The molecule has 0 aromatic carbocycles. The molecule has 68 valence electrons. The fraction of sp³-hybridized carbons (Fsp3) is 0.667. The van der Waals surface area contributed by atoms with Crippen LogP contribution in [-0.2, 0) is 24.8 Å². The fourth-order valence-corrected chi connectivity index (χ4v) is 1.36. The van der Waals surface area contributed by atoms with Crippen molar-refractivity contribution in [2.75, 3.05) is 13.7 Å². The monoisotopic (exact) mass is 169 g/mol. The summed E-state index contributed by atoms with van der Waals surface area (Å²) < 4.78 is 9.42. The standard InChI is InChI=1S/C9H17N2O/c1-4-11-7-6-10(2)9(11)5-8-12-3/h6-7H,4-5,8H2,1-3H3/q+1. The molecule has 3 nitrogen and oxygen atoms in total. The van der Waals surface area contributed by atoms with Crippen molar-refractivity contribution in [2.24, 2.45) is 7.05 Å². The van der Waals surface area contributed by atoms with E-state index >= 15 is 0 Å². The third-order valence-electron chi connectivity index (χ3n) is 2.08. The van der Waals surface area contributed by atoms with Gasteiger partial charge in [-0.3, -0.25) is 0 Å². The minimum atomic E-state index is 0.790. The number of imidazole rings is 1. The molecule has 0 saturated carbocycles. The molecule has 0 atom stereocenters. The highest BCUT2D eigenvalue weighted by molar-refractivity contribution is 4.81. The molecule has 12 heavy (non-hydrogen) atoms. The van der Waals surface area contributed by atoms with Crippen LogP contribution in [0.15, 0.2) is 12.4 Å². The summed E-state index contributed by atoms with van der Waals surface area (Å²) in [5.41, 5.74) is 0. The Morgan fingerprint density at radius 3 is 2.92 bits per heavy atom. The van der Waals surface area contributed by atoms with Crippen LogP contribution in [-0.4, -0.2) is 18.3 Å². The summed E-state index contributed by atoms with van der Waals surface area (Å²) in [6.45, 7) is 3.97. The first-order valence-corrected chi connectivity index (χ1v) is 4.32. The molecule has 0 radical (unpaired) electrons. The molecule has 0 spiro atoms. The minimum absolute atomic E-state index is 0.790. The summed E-state index contributed by atoms with van der Waals surface area (Å²) in [5, 5.41) is 0. The van der Waals surface area contributed by atoms with Gasteiger partial charge in [-0.15, -0.1) is 0 Å². The Morgan fingerprint density at radius 2 is 2.33 bits per heavy atom. The Bertz CT molecular complexity index is 243. The van der Waals surface area contributed by atoms with Gasteiger partial charge in [0, 0.05) is 7.11 Å². The van der Waals surface area contributed by atoms with Crippen molar-refractivity contribution in [3.05, 3.63) is 18.2 Å². The maximum atomic E-state index is 5.04. The van der Waals surface area contributed by atoms with Gasteiger partial charge in [-0.05, 0) is 6.92 Å². The van der Waals surface area contributed by atoms with E-state index in [1.807, 2.05) is 0 Å². The molecule has 0 aliphatic heterocycles. The van der Waals surface area contributed by atoms with Crippen LogP contribution < -0.4 is 4.57 Å². The molecule has 1 aromatic heterocycles. The summed E-state index contributed by atoms with van der Waals surface area (Å²) in [4.78, 5) is 0. The Kier molecular flexibility index (Phi) is 3.29. The molecule has 0 aliphatic rings. The van der Waals surface area contributed by atoms with E-state index in [2.05, 4.69) is 35.5 Å². The van der Waals surface area contributed by atoms with Gasteiger partial charge in [-0.25, -0.2) is 9.13 Å². The minimum Gasteiger partial charge on any atom is -0.384 e. The molecule has 0 bridgehead atoms. The Labute approximate surface area is 73.6 Å². The van der Waals surface area contributed by atoms with Gasteiger partial charge in [-0.2, -0.15) is 0 Å². The first-order chi connectivity index (χ1) is 5.79. The number of aryl methyl sites for hydroxylation is 2. The van der Waals surface area contributed by atoms with E-state index in [1.165, 1.54) is 5.82 Å². The Balaban J connectivity index is 2.72. The molecule has 0 aliphatic carbocycles. The van der Waals surface area contributed by atoms with Crippen molar-refractivity contribution in [2.45, 2.75) is 19.9 Å². The zero-order valence-corrected chi connectivity index (χ0v) is 8.08. The van der Waals surface area contributed by atoms with Crippen molar-refractivity contribution in [3.63, 3.8) is 0 Å². The van der Waals surface area contributed by atoms with Crippen molar-refractivity contribution in [3.8, 4) is 0 Å². The second kappa shape index (κ2) is 4.26. The van der Waals surface area contributed by atoms with E-state index < -0.39 is 0 Å². The second-order valence-corrected chi connectivity index (χ2v) is 2.85. The van der Waals surface area contributed by atoms with Gasteiger partial charge in [0.15, 0.2) is 0 Å². The van der Waals surface area contributed by atoms with Gasteiger partial charge >= 0.3 is 0 Å². The van der Waals surface area contributed by atoms with E-state index in [-0.39, 0.29) is 0 Å². The lowest BCUT2D eigenvalue weighted by Crippen LogP contribution is -2.36. The number of aromatic nitrogens is 2. The summed E-state index contributed by atoms with van der Waals surface area (Å²) in [5.74, 6) is 1.32. The van der Waals surface area contributed by atoms with Crippen LogP contribution in [0.2, 0.25) is 0 Å². The smallest absolute Gasteiger partial charge is 0.258 e. The lowest BCUT2D eigenvalue weighted by atomic mass is 10.4. The largest absolute Gasteiger partial charge is 0.384 e. The topological polar surface area (TPSA) is 18.0 Å². The molecule has 1 aromatic rings. The average molecular weight is 169 g/mol. The van der Waals surface area contributed by atoms with Crippen LogP contribution in [0.3, 0.4) is 0 Å². The first kappa shape index (κ1) is 9.26. The maximum Gasteiger partial charge on any atom is 0.258 e. The molecule has 0 unspecified atom stereocenters. The van der Waals surface area contributed by atoms with Crippen molar-refractivity contribution < 1.29 is 9.30 Å². The summed E-state index contributed by atoms with van der Waals surface area (Å²) in [6, 6.07) is 0. The van der Waals surface area contributed by atoms with Crippen molar-refractivity contribution in [1.29, 1.82) is 0 Å². The molecule has 1 heterocycles. The molecule has 0 amide bonds. The van der Waals surface area contributed by atoms with Crippen LogP contribution in [0.4, 0.5) is 0 Å². The molecule has 0 fully saturated rings. The number of hydrogen-bond donors (Lipinski definition) is 0. The predicted octanol–water partition coefficient (Wildman–Crippen LogP) is 0.521. The maximum absolute atomic E-state index is 5.04. The van der Waals surface area contributed by atoms with E-state index in [1.54, 1.807) is 7.11 Å². The Morgan fingerprint density at radius 1 is 1.58 bits per heavy atom. The highest BCUT2D eigenvalue weighted by Crippen LogP contribution is 1.93. The number of hydrogen-bond acceptors (Lipinski definition) is 1. The van der Waals surface area contributed by atoms with Gasteiger partial charge in [0.05, 0.1) is 26.6 Å². The lowest BCUT2D eigenvalue weighted by Gasteiger charge is -1.99. The summed E-state index contributed by atoms with van der Waals surface area (Å²) >= 11 is 0. The number of nitrogens with zero attached hydrogens (tertiary/aromatic N) is 2. The molecular formula is C9H17N2O+.